The van der Waals surface area contributed by atoms with Gasteiger partial charge in [-0.25, -0.2) is 0 Å². The van der Waals surface area contributed by atoms with Crippen molar-refractivity contribution >= 4 is 0 Å². The van der Waals surface area contributed by atoms with Gasteiger partial charge in [-0.3, -0.25) is 0 Å². The van der Waals surface area contributed by atoms with E-state index in [-0.39, 0.29) is 6.61 Å². The highest BCUT2D eigenvalue weighted by molar-refractivity contribution is 5.13. The molecule has 0 radical (unpaired) electrons. The first-order valence-electron chi connectivity index (χ1n) is 5.18. The molecule has 0 aliphatic carbocycles. The summed E-state index contributed by atoms with van der Waals surface area (Å²) in [7, 11) is 2.18. The zero-order valence-electron chi connectivity index (χ0n) is 9.11. The maximum atomic E-state index is 9.00. The van der Waals surface area contributed by atoms with Gasteiger partial charge < -0.3 is 9.59 Å². The van der Waals surface area contributed by atoms with Gasteiger partial charge in [-0.15, -0.1) is 0 Å². The average molecular weight is 194 g/mol. The van der Waals surface area contributed by atoms with Crippen LogP contribution < -0.4 is 0 Å². The number of likely N-dealkylation sites (N-methyl/N-ethyl adjacent to an activating group) is 1. The number of hydrogen-bond acceptors (Lipinski definition) is 1. The lowest BCUT2D eigenvalue weighted by atomic mass is 10.2. The minimum absolute atomic E-state index is 0.261. The fourth-order valence-electron chi connectivity index (χ4n) is 1.61. The monoisotopic (exact) mass is 194 g/mol. The van der Waals surface area contributed by atoms with E-state index in [2.05, 4.69) is 38.2 Å². The van der Waals surface area contributed by atoms with Crippen LogP contribution in [0.3, 0.4) is 0 Å². The van der Waals surface area contributed by atoms with Gasteiger partial charge in [-0.05, 0) is 6.92 Å². The summed E-state index contributed by atoms with van der Waals surface area (Å²) in [4.78, 5) is 0. The van der Waals surface area contributed by atoms with E-state index >= 15 is 0 Å². The maximum Gasteiger partial charge on any atom is 0.104 e. The Morgan fingerprint density at radius 2 is 1.86 bits per heavy atom. The molecule has 14 heavy (non-hydrogen) atoms. The number of benzene rings is 1. The van der Waals surface area contributed by atoms with Crippen molar-refractivity contribution in [3.8, 4) is 0 Å². The van der Waals surface area contributed by atoms with Gasteiger partial charge in [-0.2, -0.15) is 0 Å². The Labute approximate surface area is 86.4 Å². The molecule has 1 atom stereocenters. The third-order valence-corrected chi connectivity index (χ3v) is 2.81. The predicted octanol–water partition coefficient (Wildman–Crippen LogP) is 1.65. The molecule has 0 bridgehead atoms. The molecule has 1 N–H and O–H groups in total. The van der Waals surface area contributed by atoms with Crippen molar-refractivity contribution in [2.24, 2.45) is 0 Å². The standard InChI is InChI=1S/C12H20NO/c1-3-13(2,9-10-14)11-12-7-5-4-6-8-12/h4-8,14H,3,9-11H2,1-2H3/q+1. The number of aliphatic hydroxyl groups is 1. The van der Waals surface area contributed by atoms with Crippen LogP contribution in [-0.4, -0.2) is 36.3 Å². The van der Waals surface area contributed by atoms with Gasteiger partial charge in [0.2, 0.25) is 0 Å². The van der Waals surface area contributed by atoms with Gasteiger partial charge in [0.25, 0.3) is 0 Å². The van der Waals surface area contributed by atoms with Gasteiger partial charge >= 0.3 is 0 Å². The van der Waals surface area contributed by atoms with E-state index in [0.717, 1.165) is 24.1 Å². The Hall–Kier alpha value is -0.860. The quantitative estimate of drug-likeness (QED) is 0.707. The van der Waals surface area contributed by atoms with Crippen LogP contribution in [0.5, 0.6) is 0 Å². The topological polar surface area (TPSA) is 20.2 Å². The average Bonchev–Trinajstić information content (AvgIpc) is 2.20. The van der Waals surface area contributed by atoms with Crippen LogP contribution in [0.2, 0.25) is 0 Å². The number of nitrogens with zero attached hydrogens (tertiary/aromatic N) is 1. The van der Waals surface area contributed by atoms with Crippen molar-refractivity contribution in [3.63, 3.8) is 0 Å². The van der Waals surface area contributed by atoms with Crippen LogP contribution in [0.25, 0.3) is 0 Å². The molecule has 2 heteroatoms. The summed E-state index contributed by atoms with van der Waals surface area (Å²) < 4.78 is 0.903. The lowest BCUT2D eigenvalue weighted by Crippen LogP contribution is -2.45. The molecule has 1 aromatic carbocycles. The smallest absolute Gasteiger partial charge is 0.104 e. The van der Waals surface area contributed by atoms with Gasteiger partial charge in [0.15, 0.2) is 0 Å². The molecule has 0 aliphatic rings. The van der Waals surface area contributed by atoms with E-state index in [1.807, 2.05) is 6.07 Å². The van der Waals surface area contributed by atoms with E-state index in [1.54, 1.807) is 0 Å². The number of aliphatic hydroxyl groups excluding tert-OH is 1. The summed E-state index contributed by atoms with van der Waals surface area (Å²) in [6.07, 6.45) is 0. The summed E-state index contributed by atoms with van der Waals surface area (Å²) in [6.45, 7) is 5.30. The highest BCUT2D eigenvalue weighted by atomic mass is 16.3. The van der Waals surface area contributed by atoms with Crippen molar-refractivity contribution in [2.75, 3.05) is 26.7 Å². The molecule has 1 unspecified atom stereocenters. The lowest BCUT2D eigenvalue weighted by Gasteiger charge is -2.32. The van der Waals surface area contributed by atoms with Crippen LogP contribution in [0.15, 0.2) is 30.3 Å². The highest BCUT2D eigenvalue weighted by Crippen LogP contribution is 2.10. The maximum absolute atomic E-state index is 9.00. The molecule has 1 rings (SSSR count). The summed E-state index contributed by atoms with van der Waals surface area (Å²) in [5, 5.41) is 9.00. The highest BCUT2D eigenvalue weighted by Gasteiger charge is 2.18. The van der Waals surface area contributed by atoms with Crippen LogP contribution in [0.4, 0.5) is 0 Å². The van der Waals surface area contributed by atoms with E-state index in [4.69, 9.17) is 5.11 Å². The summed E-state index contributed by atoms with van der Waals surface area (Å²) in [5.41, 5.74) is 1.34. The number of rotatable bonds is 5. The fraction of sp³-hybridized carbons (Fsp3) is 0.500. The molecular weight excluding hydrogens is 174 g/mol. The summed E-state index contributed by atoms with van der Waals surface area (Å²) in [5.74, 6) is 0. The molecular formula is C12H20NO+. The molecule has 0 fully saturated rings. The number of quaternary nitrogens is 1. The molecule has 0 aliphatic heterocycles. The zero-order chi connectivity index (χ0) is 10.4. The molecule has 78 valence electrons. The van der Waals surface area contributed by atoms with Gasteiger partial charge in [0.1, 0.15) is 13.1 Å². The molecule has 0 aromatic heterocycles. The first kappa shape index (κ1) is 11.2. The Balaban J connectivity index is 2.65. The molecule has 0 spiro atoms. The van der Waals surface area contributed by atoms with Crippen molar-refractivity contribution < 1.29 is 9.59 Å². The fourth-order valence-corrected chi connectivity index (χ4v) is 1.61. The van der Waals surface area contributed by atoms with Gasteiger partial charge in [-0.1, -0.05) is 30.3 Å². The van der Waals surface area contributed by atoms with Crippen LogP contribution >= 0.6 is 0 Å². The zero-order valence-corrected chi connectivity index (χ0v) is 9.11. The second kappa shape index (κ2) is 5.13. The Kier molecular flexibility index (Phi) is 4.11. The minimum atomic E-state index is 0.261. The first-order chi connectivity index (χ1) is 6.70. The molecule has 2 nitrogen and oxygen atoms in total. The normalized spacial score (nSPS) is 15.1. The van der Waals surface area contributed by atoms with E-state index in [0.29, 0.717) is 0 Å². The van der Waals surface area contributed by atoms with Crippen molar-refractivity contribution in [3.05, 3.63) is 35.9 Å². The second-order valence-corrected chi connectivity index (χ2v) is 4.03. The summed E-state index contributed by atoms with van der Waals surface area (Å²) >= 11 is 0. The first-order valence-corrected chi connectivity index (χ1v) is 5.18. The Bertz CT molecular complexity index is 260. The molecule has 0 heterocycles. The van der Waals surface area contributed by atoms with Crippen LogP contribution in [0.1, 0.15) is 12.5 Å². The summed E-state index contributed by atoms with van der Waals surface area (Å²) in [6, 6.07) is 10.4. The molecule has 1 aromatic rings. The van der Waals surface area contributed by atoms with Gasteiger partial charge in [0.05, 0.1) is 20.2 Å². The van der Waals surface area contributed by atoms with Crippen LogP contribution in [-0.2, 0) is 6.54 Å². The van der Waals surface area contributed by atoms with Crippen molar-refractivity contribution in [2.45, 2.75) is 13.5 Å². The third-order valence-electron chi connectivity index (χ3n) is 2.81. The van der Waals surface area contributed by atoms with E-state index in [1.165, 1.54) is 5.56 Å². The van der Waals surface area contributed by atoms with Crippen molar-refractivity contribution in [1.82, 2.24) is 0 Å². The van der Waals surface area contributed by atoms with E-state index in [9.17, 15) is 0 Å². The van der Waals surface area contributed by atoms with Gasteiger partial charge in [0, 0.05) is 5.56 Å². The third kappa shape index (κ3) is 3.13. The SMILES string of the molecule is CC[N+](C)(CCO)Cc1ccccc1. The largest absolute Gasteiger partial charge is 0.391 e. The Morgan fingerprint density at radius 1 is 1.21 bits per heavy atom. The van der Waals surface area contributed by atoms with Crippen LogP contribution in [0, 0.1) is 0 Å². The molecule has 0 saturated carbocycles. The lowest BCUT2D eigenvalue weighted by molar-refractivity contribution is -0.921. The van der Waals surface area contributed by atoms with E-state index < -0.39 is 0 Å². The molecule has 0 amide bonds. The minimum Gasteiger partial charge on any atom is -0.391 e. The second-order valence-electron chi connectivity index (χ2n) is 4.03. The Morgan fingerprint density at radius 3 is 2.36 bits per heavy atom. The molecule has 0 saturated heterocycles. The predicted molar refractivity (Wildman–Crippen MR) is 58.8 cm³/mol. The number of hydrogen-bond donors (Lipinski definition) is 1. The van der Waals surface area contributed by atoms with Crippen molar-refractivity contribution in [1.29, 1.82) is 0 Å².